The summed E-state index contributed by atoms with van der Waals surface area (Å²) < 4.78 is 1.72. The van der Waals surface area contributed by atoms with E-state index in [-0.39, 0.29) is 23.4 Å². The first-order valence-corrected chi connectivity index (χ1v) is 8.59. The largest absolute Gasteiger partial charge is 0.478 e. The van der Waals surface area contributed by atoms with E-state index in [0.29, 0.717) is 13.1 Å². The minimum Gasteiger partial charge on any atom is -0.478 e. The van der Waals surface area contributed by atoms with Gasteiger partial charge in [0, 0.05) is 19.3 Å². The van der Waals surface area contributed by atoms with Crippen LogP contribution in [-0.4, -0.2) is 44.8 Å². The number of thiophene rings is 1. The van der Waals surface area contributed by atoms with Gasteiger partial charge in [-0.05, 0) is 42.2 Å². The number of likely N-dealkylation sites (tertiary alicyclic amines) is 1. The normalized spacial score (nSPS) is 17.2. The lowest BCUT2D eigenvalue weighted by Crippen LogP contribution is -2.41. The van der Waals surface area contributed by atoms with Crippen LogP contribution in [0.2, 0.25) is 0 Å². The molecule has 122 valence electrons. The van der Waals surface area contributed by atoms with Crippen molar-refractivity contribution in [2.24, 2.45) is 0 Å². The van der Waals surface area contributed by atoms with Crippen molar-refractivity contribution in [1.29, 1.82) is 0 Å². The molecule has 23 heavy (non-hydrogen) atoms. The molecule has 1 fully saturated rings. The van der Waals surface area contributed by atoms with Gasteiger partial charge >= 0.3 is 5.97 Å². The maximum absolute atomic E-state index is 12.6. The Kier molecular flexibility index (Phi) is 4.47. The molecule has 1 unspecified atom stereocenters. The third-order valence-corrected chi connectivity index (χ3v) is 5.11. The first-order chi connectivity index (χ1) is 11.1. The molecular weight excluding hydrogens is 314 g/mol. The van der Waals surface area contributed by atoms with Gasteiger partial charge in [-0.3, -0.25) is 9.48 Å². The zero-order chi connectivity index (χ0) is 16.4. The van der Waals surface area contributed by atoms with E-state index in [0.717, 1.165) is 18.4 Å². The molecule has 1 aliphatic heterocycles. The molecule has 2 aromatic rings. The number of piperidine rings is 1. The number of nitrogens with zero attached hydrogens (tertiary/aromatic N) is 3. The number of amides is 1. The van der Waals surface area contributed by atoms with E-state index in [2.05, 4.69) is 5.10 Å². The monoisotopic (exact) mass is 333 g/mol. The standard InChI is InChI=1S/C16H19N3O3S/c1-11(12-4-7-23-10-12)15(20)18-5-2-14(3-6-18)19-9-13(8-17-19)16(21)22/h4,7-11,14H,2-3,5-6H2,1H3,(H,21,22). The van der Waals surface area contributed by atoms with Crippen LogP contribution in [0.25, 0.3) is 0 Å². The van der Waals surface area contributed by atoms with E-state index in [1.807, 2.05) is 28.7 Å². The molecule has 2 aromatic heterocycles. The van der Waals surface area contributed by atoms with Gasteiger partial charge in [0.15, 0.2) is 0 Å². The Morgan fingerprint density at radius 1 is 1.39 bits per heavy atom. The van der Waals surface area contributed by atoms with E-state index in [4.69, 9.17) is 5.11 Å². The first-order valence-electron chi connectivity index (χ1n) is 7.64. The van der Waals surface area contributed by atoms with E-state index in [9.17, 15) is 9.59 Å². The molecule has 1 N–H and O–H groups in total. The summed E-state index contributed by atoms with van der Waals surface area (Å²) in [6.07, 6.45) is 4.53. The van der Waals surface area contributed by atoms with Crippen molar-refractivity contribution in [2.75, 3.05) is 13.1 Å². The van der Waals surface area contributed by atoms with Crippen molar-refractivity contribution in [3.63, 3.8) is 0 Å². The van der Waals surface area contributed by atoms with E-state index in [1.165, 1.54) is 6.20 Å². The summed E-state index contributed by atoms with van der Waals surface area (Å²) in [7, 11) is 0. The van der Waals surface area contributed by atoms with Gasteiger partial charge in [-0.2, -0.15) is 16.4 Å². The second kappa shape index (κ2) is 6.54. The van der Waals surface area contributed by atoms with Gasteiger partial charge in [0.1, 0.15) is 0 Å². The van der Waals surface area contributed by atoms with Crippen molar-refractivity contribution in [1.82, 2.24) is 14.7 Å². The van der Waals surface area contributed by atoms with E-state index in [1.54, 1.807) is 22.2 Å². The Balaban J connectivity index is 1.59. The highest BCUT2D eigenvalue weighted by Gasteiger charge is 2.28. The fourth-order valence-electron chi connectivity index (χ4n) is 2.94. The Bertz CT molecular complexity index is 687. The van der Waals surface area contributed by atoms with Crippen molar-refractivity contribution < 1.29 is 14.7 Å². The molecule has 6 nitrogen and oxygen atoms in total. The van der Waals surface area contributed by atoms with Gasteiger partial charge in [0.25, 0.3) is 0 Å². The highest BCUT2D eigenvalue weighted by molar-refractivity contribution is 7.08. The smallest absolute Gasteiger partial charge is 0.338 e. The number of hydrogen-bond donors (Lipinski definition) is 1. The van der Waals surface area contributed by atoms with Crippen LogP contribution in [0.1, 0.15) is 47.6 Å². The van der Waals surface area contributed by atoms with Crippen LogP contribution in [0.5, 0.6) is 0 Å². The fraction of sp³-hybridized carbons (Fsp3) is 0.438. The summed E-state index contributed by atoms with van der Waals surface area (Å²) in [6, 6.07) is 2.15. The number of carboxylic acids is 1. The summed E-state index contributed by atoms with van der Waals surface area (Å²) in [5, 5.41) is 17.1. The van der Waals surface area contributed by atoms with Gasteiger partial charge in [-0.25, -0.2) is 4.79 Å². The second-order valence-corrected chi connectivity index (χ2v) is 6.63. The van der Waals surface area contributed by atoms with Crippen LogP contribution in [0.3, 0.4) is 0 Å². The third kappa shape index (κ3) is 3.29. The molecule has 7 heteroatoms. The van der Waals surface area contributed by atoms with Crippen LogP contribution in [-0.2, 0) is 4.79 Å². The minimum atomic E-state index is -0.964. The molecule has 3 rings (SSSR count). The zero-order valence-electron chi connectivity index (χ0n) is 12.9. The van der Waals surface area contributed by atoms with Crippen LogP contribution < -0.4 is 0 Å². The highest BCUT2D eigenvalue weighted by atomic mass is 32.1. The van der Waals surface area contributed by atoms with Gasteiger partial charge < -0.3 is 10.0 Å². The minimum absolute atomic E-state index is 0.110. The lowest BCUT2D eigenvalue weighted by atomic mass is 9.99. The highest BCUT2D eigenvalue weighted by Crippen LogP contribution is 2.26. The topological polar surface area (TPSA) is 75.4 Å². The van der Waals surface area contributed by atoms with Crippen LogP contribution in [0.4, 0.5) is 0 Å². The van der Waals surface area contributed by atoms with Crippen molar-refractivity contribution in [2.45, 2.75) is 31.7 Å². The average molecular weight is 333 g/mol. The molecule has 0 aliphatic carbocycles. The Morgan fingerprint density at radius 2 is 2.13 bits per heavy atom. The number of aromatic carboxylic acids is 1. The second-order valence-electron chi connectivity index (χ2n) is 5.85. The number of carbonyl (C=O) groups excluding carboxylic acids is 1. The predicted molar refractivity (Wildman–Crippen MR) is 86.8 cm³/mol. The number of hydrogen-bond acceptors (Lipinski definition) is 4. The Morgan fingerprint density at radius 3 is 2.70 bits per heavy atom. The average Bonchev–Trinajstić information content (AvgIpc) is 3.25. The summed E-state index contributed by atoms with van der Waals surface area (Å²) in [4.78, 5) is 25.4. The molecular formula is C16H19N3O3S. The quantitative estimate of drug-likeness (QED) is 0.933. The molecule has 1 atom stereocenters. The molecule has 1 aliphatic rings. The number of carbonyl (C=O) groups is 2. The van der Waals surface area contributed by atoms with Crippen molar-refractivity contribution in [3.05, 3.63) is 40.3 Å². The maximum atomic E-state index is 12.6. The van der Waals surface area contributed by atoms with E-state index < -0.39 is 5.97 Å². The molecule has 0 aromatic carbocycles. The summed E-state index contributed by atoms with van der Waals surface area (Å²) >= 11 is 1.60. The van der Waals surface area contributed by atoms with Gasteiger partial charge in [0.2, 0.25) is 5.91 Å². The summed E-state index contributed by atoms with van der Waals surface area (Å²) in [5.41, 5.74) is 1.27. The zero-order valence-corrected chi connectivity index (χ0v) is 13.7. The molecule has 3 heterocycles. The summed E-state index contributed by atoms with van der Waals surface area (Å²) in [6.45, 7) is 3.31. The number of aromatic nitrogens is 2. The Hall–Kier alpha value is -2.15. The molecule has 0 bridgehead atoms. The van der Waals surface area contributed by atoms with Crippen LogP contribution in [0, 0.1) is 0 Å². The van der Waals surface area contributed by atoms with E-state index >= 15 is 0 Å². The number of rotatable bonds is 4. The van der Waals surface area contributed by atoms with Gasteiger partial charge in [0.05, 0.1) is 23.7 Å². The third-order valence-electron chi connectivity index (χ3n) is 4.41. The van der Waals surface area contributed by atoms with Crippen molar-refractivity contribution in [3.8, 4) is 0 Å². The molecule has 0 saturated carbocycles. The van der Waals surface area contributed by atoms with Crippen LogP contribution >= 0.6 is 11.3 Å². The SMILES string of the molecule is CC(C(=O)N1CCC(n2cc(C(=O)O)cn2)CC1)c1ccsc1. The molecule has 1 amide bonds. The molecule has 0 spiro atoms. The van der Waals surface area contributed by atoms with Gasteiger partial charge in [-0.1, -0.05) is 0 Å². The number of carboxylic acid groups (broad SMARTS) is 1. The molecule has 0 radical (unpaired) electrons. The lowest BCUT2D eigenvalue weighted by molar-refractivity contribution is -0.133. The first kappa shape index (κ1) is 15.7. The van der Waals surface area contributed by atoms with Crippen molar-refractivity contribution >= 4 is 23.2 Å². The Labute approximate surface area is 138 Å². The summed E-state index contributed by atoms with van der Waals surface area (Å²) in [5.74, 6) is -0.914. The van der Waals surface area contributed by atoms with Crippen LogP contribution in [0.15, 0.2) is 29.2 Å². The van der Waals surface area contributed by atoms with Gasteiger partial charge in [-0.15, -0.1) is 0 Å². The predicted octanol–water partition coefficient (Wildman–Crippen LogP) is 2.61. The fourth-order valence-corrected chi connectivity index (χ4v) is 3.69. The lowest BCUT2D eigenvalue weighted by Gasteiger charge is -2.33. The molecule has 1 saturated heterocycles. The maximum Gasteiger partial charge on any atom is 0.338 e.